The molecular formula is C26H27F2N4O3+. The van der Waals surface area contributed by atoms with Crippen molar-refractivity contribution in [2.45, 2.75) is 25.3 Å². The Labute approximate surface area is 202 Å². The Balaban J connectivity index is 1.91. The largest absolute Gasteiger partial charge is 0.404 e. The summed E-state index contributed by atoms with van der Waals surface area (Å²) >= 11 is 0. The zero-order valence-corrected chi connectivity index (χ0v) is 19.5. The number of carbonyl (C=O) groups is 2. The number of likely N-dealkylation sites (N-methyl/N-ethyl adjacent to an activating group) is 1. The number of aliphatic hydroxyl groups is 1. The highest BCUT2D eigenvalue weighted by Gasteiger charge is 2.49. The van der Waals surface area contributed by atoms with Crippen molar-refractivity contribution < 1.29 is 28.5 Å². The van der Waals surface area contributed by atoms with E-state index in [0.29, 0.717) is 29.0 Å². The van der Waals surface area contributed by atoms with Gasteiger partial charge >= 0.3 is 6.03 Å². The molecule has 0 aromatic heterocycles. The molecule has 0 saturated carbocycles. The Kier molecular flexibility index (Phi) is 7.99. The van der Waals surface area contributed by atoms with Crippen molar-refractivity contribution in [1.29, 1.82) is 0 Å². The third-order valence-corrected chi connectivity index (χ3v) is 5.87. The third kappa shape index (κ3) is 5.39. The summed E-state index contributed by atoms with van der Waals surface area (Å²) < 4.78 is 30.0. The van der Waals surface area contributed by atoms with Crippen molar-refractivity contribution in [2.75, 3.05) is 25.1 Å². The van der Waals surface area contributed by atoms with E-state index in [1.54, 1.807) is 37.4 Å². The van der Waals surface area contributed by atoms with Gasteiger partial charge in [-0.25, -0.2) is 23.5 Å². The van der Waals surface area contributed by atoms with Crippen LogP contribution in [-0.2, 0) is 4.79 Å². The van der Waals surface area contributed by atoms with Crippen LogP contribution < -0.4 is 15.6 Å². The molecule has 0 aliphatic carbocycles. The van der Waals surface area contributed by atoms with E-state index in [4.69, 9.17) is 10.8 Å². The van der Waals surface area contributed by atoms with Gasteiger partial charge < -0.3 is 15.7 Å². The average molecular weight is 482 g/mol. The number of halogens is 2. The molecule has 0 bridgehead atoms. The number of urea groups is 1. The maximum Gasteiger partial charge on any atom is 0.332 e. The second-order valence-electron chi connectivity index (χ2n) is 8.22. The van der Waals surface area contributed by atoms with Gasteiger partial charge in [-0.2, -0.15) is 0 Å². The van der Waals surface area contributed by atoms with Gasteiger partial charge in [0, 0.05) is 37.4 Å². The number of nitrogens with zero attached hydrogens (tertiary/aromatic N) is 2. The standard InChI is InChI=1S/C26H26F2N4O3/c1-26(20(16-29)17-30-11-6-12-33)15-23(34)32(25(35)31(26)2)24-21(27)13-19(14-22(24)28)10-9-18-7-4-3-5-8-18/h3-5,7-8,13-14,16-17,33H,6,11-12,15,29H2,1-2H3/p+1/t26-/m0/s1. The number of rotatable bonds is 6. The fraction of sp³-hybridized carbons (Fsp3) is 0.269. The van der Waals surface area contributed by atoms with E-state index in [1.807, 2.05) is 6.07 Å². The number of aliphatic hydroxyl groups excluding tert-OH is 1. The quantitative estimate of drug-likeness (QED) is 0.329. The van der Waals surface area contributed by atoms with E-state index in [2.05, 4.69) is 16.8 Å². The van der Waals surface area contributed by atoms with Gasteiger partial charge in [-0.3, -0.25) is 4.79 Å². The van der Waals surface area contributed by atoms with Crippen LogP contribution in [0.3, 0.4) is 0 Å². The fourth-order valence-corrected chi connectivity index (χ4v) is 3.74. The van der Waals surface area contributed by atoms with Gasteiger partial charge in [0.1, 0.15) is 12.2 Å². The number of benzene rings is 2. The van der Waals surface area contributed by atoms with Crippen LogP contribution in [0.2, 0.25) is 0 Å². The molecule has 1 atom stereocenters. The molecule has 2 aromatic carbocycles. The Hall–Kier alpha value is -4.03. The summed E-state index contributed by atoms with van der Waals surface area (Å²) in [5, 5.41) is 8.92. The summed E-state index contributed by atoms with van der Waals surface area (Å²) in [6.07, 6.45) is 3.06. The van der Waals surface area contributed by atoms with Gasteiger partial charge in [0.05, 0.1) is 17.5 Å². The molecule has 1 aliphatic rings. The SMILES string of the molecule is CN1C(=O)N(c2c(F)cc(C#Cc3ccccc3)cc2F)C(=O)C[C@@]1(C)C(C=[NH+]CCCO)=CN. The molecule has 9 heteroatoms. The number of hydrogen-bond donors (Lipinski definition) is 3. The predicted octanol–water partition coefficient (Wildman–Crippen LogP) is 1.29. The molecule has 1 heterocycles. The van der Waals surface area contributed by atoms with Crippen LogP contribution in [0.4, 0.5) is 19.3 Å². The van der Waals surface area contributed by atoms with Crippen molar-refractivity contribution in [3.8, 4) is 11.8 Å². The van der Waals surface area contributed by atoms with Crippen LogP contribution >= 0.6 is 0 Å². The number of nitrogens with two attached hydrogens (primary N) is 1. The molecule has 0 spiro atoms. The van der Waals surface area contributed by atoms with Crippen molar-refractivity contribution in [2.24, 2.45) is 5.73 Å². The van der Waals surface area contributed by atoms with Crippen LogP contribution in [-0.4, -0.2) is 53.9 Å². The minimum Gasteiger partial charge on any atom is -0.404 e. The van der Waals surface area contributed by atoms with E-state index in [0.717, 1.165) is 12.1 Å². The first kappa shape index (κ1) is 25.6. The average Bonchev–Trinajstić information content (AvgIpc) is 2.83. The lowest BCUT2D eigenvalue weighted by Gasteiger charge is -2.45. The van der Waals surface area contributed by atoms with Crippen LogP contribution in [0.5, 0.6) is 0 Å². The summed E-state index contributed by atoms with van der Waals surface area (Å²) in [4.78, 5) is 30.9. The molecule has 3 amide bonds. The molecule has 0 unspecified atom stereocenters. The monoisotopic (exact) mass is 481 g/mol. The normalized spacial score (nSPS) is 18.7. The highest BCUT2D eigenvalue weighted by molar-refractivity contribution is 6.17. The Bertz CT molecular complexity index is 1210. The number of anilines is 1. The summed E-state index contributed by atoms with van der Waals surface area (Å²) in [5.41, 5.74) is 5.04. The first-order valence-electron chi connectivity index (χ1n) is 11.0. The predicted molar refractivity (Wildman–Crippen MR) is 128 cm³/mol. The van der Waals surface area contributed by atoms with Crippen molar-refractivity contribution in [1.82, 2.24) is 4.90 Å². The molecule has 182 valence electrons. The molecule has 1 fully saturated rings. The molecule has 3 rings (SSSR count). The minimum atomic E-state index is -1.15. The molecule has 4 N–H and O–H groups in total. The summed E-state index contributed by atoms with van der Waals surface area (Å²) in [6, 6.07) is 10.0. The van der Waals surface area contributed by atoms with E-state index in [9.17, 15) is 9.59 Å². The molecule has 7 nitrogen and oxygen atoms in total. The van der Waals surface area contributed by atoms with Crippen molar-refractivity contribution in [3.63, 3.8) is 0 Å². The highest BCUT2D eigenvalue weighted by Crippen LogP contribution is 2.36. The molecule has 0 radical (unpaired) electrons. The number of imide groups is 1. The number of carbonyl (C=O) groups excluding carboxylic acids is 2. The lowest BCUT2D eigenvalue weighted by molar-refractivity contribution is -0.452. The van der Waals surface area contributed by atoms with Gasteiger partial charge in [-0.05, 0) is 31.2 Å². The molecule has 1 aliphatic heterocycles. The Morgan fingerprint density at radius 2 is 1.80 bits per heavy atom. The van der Waals surface area contributed by atoms with Gasteiger partial charge in [0.2, 0.25) is 5.91 Å². The Morgan fingerprint density at radius 3 is 2.40 bits per heavy atom. The van der Waals surface area contributed by atoms with Crippen LogP contribution in [0.15, 0.2) is 54.2 Å². The first-order valence-corrected chi connectivity index (χ1v) is 11.0. The zero-order chi connectivity index (χ0) is 25.6. The Morgan fingerprint density at radius 1 is 1.17 bits per heavy atom. The fourth-order valence-electron chi connectivity index (χ4n) is 3.74. The molecule has 35 heavy (non-hydrogen) atoms. The van der Waals surface area contributed by atoms with Gasteiger partial charge in [0.25, 0.3) is 0 Å². The maximum absolute atomic E-state index is 15.0. The number of nitrogens with one attached hydrogen (secondary N) is 1. The second-order valence-corrected chi connectivity index (χ2v) is 8.22. The van der Waals surface area contributed by atoms with Crippen molar-refractivity contribution >= 4 is 23.8 Å². The summed E-state index contributed by atoms with van der Waals surface area (Å²) in [7, 11) is 1.43. The summed E-state index contributed by atoms with van der Waals surface area (Å²) in [6.45, 7) is 2.09. The molecule has 2 aromatic rings. The van der Waals surface area contributed by atoms with E-state index in [1.165, 1.54) is 18.1 Å². The molecular weight excluding hydrogens is 454 g/mol. The number of amides is 3. The lowest BCUT2D eigenvalue weighted by Crippen LogP contribution is -2.71. The van der Waals surface area contributed by atoms with Crippen molar-refractivity contribution in [3.05, 3.63) is 77.0 Å². The molecule has 1 saturated heterocycles. The smallest absolute Gasteiger partial charge is 0.332 e. The zero-order valence-electron chi connectivity index (χ0n) is 19.5. The minimum absolute atomic E-state index is 0.000624. The van der Waals surface area contributed by atoms with Gasteiger partial charge in [0.15, 0.2) is 17.8 Å². The maximum atomic E-state index is 15.0. The van der Waals surface area contributed by atoms with E-state index >= 15 is 8.78 Å². The summed E-state index contributed by atoms with van der Waals surface area (Å²) in [5.74, 6) is 2.57. The second kappa shape index (κ2) is 10.9. The first-order chi connectivity index (χ1) is 16.7. The van der Waals surface area contributed by atoms with Gasteiger partial charge in [-0.15, -0.1) is 0 Å². The van der Waals surface area contributed by atoms with Crippen LogP contribution in [0.25, 0.3) is 0 Å². The third-order valence-electron chi connectivity index (χ3n) is 5.87. The van der Waals surface area contributed by atoms with Crippen LogP contribution in [0.1, 0.15) is 30.9 Å². The van der Waals surface area contributed by atoms with Crippen LogP contribution in [0, 0.1) is 23.5 Å². The number of hydrogen-bond acceptors (Lipinski definition) is 4. The van der Waals surface area contributed by atoms with E-state index < -0.39 is 34.8 Å². The lowest BCUT2D eigenvalue weighted by atomic mass is 9.85. The highest BCUT2D eigenvalue weighted by atomic mass is 19.1. The van der Waals surface area contributed by atoms with Gasteiger partial charge in [-0.1, -0.05) is 30.0 Å². The topological polar surface area (TPSA) is 101 Å². The van der Waals surface area contributed by atoms with E-state index in [-0.39, 0.29) is 18.6 Å².